The van der Waals surface area contributed by atoms with Crippen LogP contribution in [0.1, 0.15) is 12.0 Å². The zero-order valence-corrected chi connectivity index (χ0v) is 20.8. The molecular formula is C27H28N4O3S. The summed E-state index contributed by atoms with van der Waals surface area (Å²) in [6.07, 6.45) is 3.87. The number of hydrogen-bond acceptors (Lipinski definition) is 5. The lowest BCUT2D eigenvalue weighted by molar-refractivity contribution is -0.116. The normalized spacial score (nSPS) is 13.3. The number of thioether (sulfide) groups is 1. The molecule has 0 aliphatic carbocycles. The number of aryl methyl sites for hydroxylation is 2. The Bertz CT molecular complexity index is 1430. The van der Waals surface area contributed by atoms with Crippen LogP contribution in [0.15, 0.2) is 70.7 Å². The predicted octanol–water partition coefficient (Wildman–Crippen LogP) is 4.12. The van der Waals surface area contributed by atoms with Crippen LogP contribution in [0.4, 0.5) is 5.69 Å². The van der Waals surface area contributed by atoms with Crippen molar-refractivity contribution in [3.05, 3.63) is 76.7 Å². The first-order valence-electron chi connectivity index (χ1n) is 11.7. The summed E-state index contributed by atoms with van der Waals surface area (Å²) in [6, 6.07) is 18.0. The molecule has 0 fully saturated rings. The Kier molecular flexibility index (Phi) is 6.74. The second-order valence-electron chi connectivity index (χ2n) is 8.63. The van der Waals surface area contributed by atoms with Gasteiger partial charge in [-0.2, -0.15) is 0 Å². The van der Waals surface area contributed by atoms with Crippen molar-refractivity contribution in [1.29, 1.82) is 0 Å². The summed E-state index contributed by atoms with van der Waals surface area (Å²) < 4.78 is 8.72. The molecule has 1 aliphatic heterocycles. The molecule has 0 saturated carbocycles. The number of nitrogens with zero attached hydrogens (tertiary/aromatic N) is 4. The molecule has 180 valence electrons. The van der Waals surface area contributed by atoms with E-state index in [-0.39, 0.29) is 17.2 Å². The minimum absolute atomic E-state index is 0.0196. The van der Waals surface area contributed by atoms with Crippen LogP contribution in [0.2, 0.25) is 0 Å². The number of carbonyl (C=O) groups is 1. The van der Waals surface area contributed by atoms with Crippen molar-refractivity contribution >= 4 is 34.4 Å². The third-order valence-electron chi connectivity index (χ3n) is 6.38. The number of amides is 1. The monoisotopic (exact) mass is 488 g/mol. The number of fused-ring (bicyclic) bond motifs is 2. The molecule has 0 atom stereocenters. The first-order chi connectivity index (χ1) is 17.1. The smallest absolute Gasteiger partial charge is 0.278 e. The highest BCUT2D eigenvalue weighted by Gasteiger charge is 2.24. The van der Waals surface area contributed by atoms with Crippen LogP contribution >= 0.6 is 11.8 Å². The minimum Gasteiger partial charge on any atom is -0.383 e. The standard InChI is InChI=1S/C27H28N4O3S/c1-29-17-21(19-9-4-3-5-10-19)24-25(29)26(33)31(15-16-34-2)27(28-24)35-18-23(32)30-14-8-12-20-11-6-7-13-22(20)30/h3-7,9-11,13,17H,8,12,14-16,18H2,1-2H3. The number of methoxy groups -OCH3 is 1. The largest absolute Gasteiger partial charge is 0.383 e. The van der Waals surface area contributed by atoms with Crippen molar-refractivity contribution in [2.45, 2.75) is 24.5 Å². The molecule has 8 heteroatoms. The van der Waals surface area contributed by atoms with E-state index in [2.05, 4.69) is 6.07 Å². The van der Waals surface area contributed by atoms with Crippen LogP contribution in [0.3, 0.4) is 0 Å². The minimum atomic E-state index is -0.130. The maximum atomic E-state index is 13.6. The number of benzene rings is 2. The molecule has 0 unspecified atom stereocenters. The number of para-hydroxylation sites is 1. The van der Waals surface area contributed by atoms with Crippen molar-refractivity contribution < 1.29 is 9.53 Å². The number of hydrogen-bond donors (Lipinski definition) is 0. The Balaban J connectivity index is 1.51. The summed E-state index contributed by atoms with van der Waals surface area (Å²) in [5, 5.41) is 0.529. The molecule has 5 rings (SSSR count). The van der Waals surface area contributed by atoms with Crippen molar-refractivity contribution in [2.24, 2.45) is 7.05 Å². The van der Waals surface area contributed by atoms with Gasteiger partial charge in [0.25, 0.3) is 5.56 Å². The van der Waals surface area contributed by atoms with Crippen LogP contribution in [0.25, 0.3) is 22.2 Å². The Hall–Kier alpha value is -3.36. The quantitative estimate of drug-likeness (QED) is 0.289. The van der Waals surface area contributed by atoms with Crippen LogP contribution < -0.4 is 10.5 Å². The molecule has 0 saturated heterocycles. The van der Waals surface area contributed by atoms with Crippen molar-refractivity contribution in [3.8, 4) is 11.1 Å². The molecule has 0 radical (unpaired) electrons. The molecule has 35 heavy (non-hydrogen) atoms. The molecular weight excluding hydrogens is 460 g/mol. The number of aromatic nitrogens is 3. The molecule has 1 aliphatic rings. The summed E-state index contributed by atoms with van der Waals surface area (Å²) in [4.78, 5) is 33.6. The van der Waals surface area contributed by atoms with Gasteiger partial charge in [-0.05, 0) is 30.0 Å². The molecule has 3 heterocycles. The first kappa shape index (κ1) is 23.4. The number of rotatable bonds is 7. The summed E-state index contributed by atoms with van der Waals surface area (Å²) in [5.41, 5.74) is 5.14. The zero-order valence-electron chi connectivity index (χ0n) is 19.9. The van der Waals surface area contributed by atoms with Gasteiger partial charge in [0.05, 0.1) is 18.9 Å². The van der Waals surface area contributed by atoms with Gasteiger partial charge in [0.2, 0.25) is 5.91 Å². The van der Waals surface area contributed by atoms with Gasteiger partial charge in [-0.15, -0.1) is 0 Å². The van der Waals surface area contributed by atoms with E-state index >= 15 is 0 Å². The van der Waals surface area contributed by atoms with Crippen molar-refractivity contribution in [3.63, 3.8) is 0 Å². The summed E-state index contributed by atoms with van der Waals surface area (Å²) in [7, 11) is 3.47. The topological polar surface area (TPSA) is 69.4 Å². The van der Waals surface area contributed by atoms with E-state index in [0.717, 1.165) is 29.7 Å². The number of ether oxygens (including phenoxy) is 1. The molecule has 0 spiro atoms. The molecule has 1 amide bonds. The van der Waals surface area contributed by atoms with E-state index in [1.165, 1.54) is 17.3 Å². The molecule has 2 aromatic carbocycles. The number of carbonyl (C=O) groups excluding carboxylic acids is 1. The predicted molar refractivity (Wildman–Crippen MR) is 140 cm³/mol. The van der Waals surface area contributed by atoms with E-state index in [9.17, 15) is 9.59 Å². The average molecular weight is 489 g/mol. The fourth-order valence-corrected chi connectivity index (χ4v) is 5.56. The van der Waals surface area contributed by atoms with Gasteiger partial charge in [0, 0.05) is 38.1 Å². The van der Waals surface area contributed by atoms with Crippen molar-refractivity contribution in [1.82, 2.24) is 14.1 Å². The molecule has 2 aromatic heterocycles. The molecule has 4 aromatic rings. The fourth-order valence-electron chi connectivity index (χ4n) is 4.67. The van der Waals surface area contributed by atoms with Gasteiger partial charge in [0.1, 0.15) is 11.0 Å². The summed E-state index contributed by atoms with van der Waals surface area (Å²) in [5.74, 6) is 0.221. The van der Waals surface area contributed by atoms with E-state index in [0.29, 0.717) is 35.9 Å². The maximum Gasteiger partial charge on any atom is 0.278 e. The highest BCUT2D eigenvalue weighted by atomic mass is 32.2. The van der Waals surface area contributed by atoms with Gasteiger partial charge >= 0.3 is 0 Å². The van der Waals surface area contributed by atoms with E-state index in [1.54, 1.807) is 11.7 Å². The Morgan fingerprint density at radius 3 is 2.69 bits per heavy atom. The molecule has 7 nitrogen and oxygen atoms in total. The van der Waals surface area contributed by atoms with Crippen LogP contribution in [0.5, 0.6) is 0 Å². The van der Waals surface area contributed by atoms with Gasteiger partial charge < -0.3 is 14.2 Å². The van der Waals surface area contributed by atoms with E-state index < -0.39 is 0 Å². The van der Waals surface area contributed by atoms with Crippen molar-refractivity contribution in [2.75, 3.05) is 30.9 Å². The lowest BCUT2D eigenvalue weighted by atomic mass is 10.0. The zero-order chi connectivity index (χ0) is 24.4. The van der Waals surface area contributed by atoms with Gasteiger partial charge in [-0.25, -0.2) is 4.98 Å². The van der Waals surface area contributed by atoms with E-state index in [1.807, 2.05) is 71.2 Å². The highest BCUT2D eigenvalue weighted by Crippen LogP contribution is 2.30. The SMILES string of the molecule is COCCn1c(SCC(=O)N2CCCc3ccccc32)nc2c(-c3ccccc3)cn(C)c2c1=O. The average Bonchev–Trinajstić information content (AvgIpc) is 3.23. The van der Waals surface area contributed by atoms with Gasteiger partial charge in [0.15, 0.2) is 5.16 Å². The lowest BCUT2D eigenvalue weighted by Crippen LogP contribution is -2.37. The Morgan fingerprint density at radius 1 is 1.11 bits per heavy atom. The Morgan fingerprint density at radius 2 is 1.89 bits per heavy atom. The summed E-state index contributed by atoms with van der Waals surface area (Å²) >= 11 is 1.31. The van der Waals surface area contributed by atoms with Gasteiger partial charge in [-0.1, -0.05) is 60.3 Å². The Labute approximate surface area is 208 Å². The van der Waals surface area contributed by atoms with Crippen LogP contribution in [-0.4, -0.2) is 46.0 Å². The number of anilines is 1. The summed E-state index contributed by atoms with van der Waals surface area (Å²) in [6.45, 7) is 1.45. The second kappa shape index (κ2) is 10.1. The van der Waals surface area contributed by atoms with Crippen LogP contribution in [0, 0.1) is 0 Å². The van der Waals surface area contributed by atoms with E-state index in [4.69, 9.17) is 9.72 Å². The fraction of sp³-hybridized carbons (Fsp3) is 0.296. The maximum absolute atomic E-state index is 13.6. The van der Waals surface area contributed by atoms with Gasteiger partial charge in [-0.3, -0.25) is 14.2 Å². The highest BCUT2D eigenvalue weighted by molar-refractivity contribution is 7.99. The lowest BCUT2D eigenvalue weighted by Gasteiger charge is -2.29. The first-order valence-corrected chi connectivity index (χ1v) is 12.7. The third-order valence-corrected chi connectivity index (χ3v) is 7.34. The molecule has 0 N–H and O–H groups in total. The van der Waals surface area contributed by atoms with Crippen LogP contribution in [-0.2, 0) is 29.5 Å². The molecule has 0 bridgehead atoms. The second-order valence-corrected chi connectivity index (χ2v) is 9.57. The third kappa shape index (κ3) is 4.51.